The topological polar surface area (TPSA) is 254 Å². The highest BCUT2D eigenvalue weighted by Gasteiger charge is 2.29. The molecule has 36 heavy (non-hydrogen) atoms. The third-order valence-electron chi connectivity index (χ3n) is 4.82. The largest absolute Gasteiger partial charge is 0.542 e. The van der Waals surface area contributed by atoms with Crippen LogP contribution in [0.5, 0.6) is 5.75 Å². The van der Waals surface area contributed by atoms with Crippen molar-refractivity contribution in [2.75, 3.05) is 0 Å². The third-order valence-corrected chi connectivity index (χ3v) is 4.82. The van der Waals surface area contributed by atoms with Gasteiger partial charge in [-0.1, -0.05) is 0 Å². The number of nitrogens with zero attached hydrogens (tertiary/aromatic N) is 1. The van der Waals surface area contributed by atoms with Gasteiger partial charge in [-0.15, -0.1) is 0 Å². The highest BCUT2D eigenvalue weighted by Crippen LogP contribution is 2.22. The van der Waals surface area contributed by atoms with Crippen molar-refractivity contribution in [1.29, 1.82) is 0 Å². The van der Waals surface area contributed by atoms with Crippen LogP contribution in [0.2, 0.25) is 0 Å². The maximum atomic E-state index is 11.1. The number of unbranched alkanes of at least 4 members (excludes halogenated alkanes) is 1. The summed E-state index contributed by atoms with van der Waals surface area (Å²) < 4.78 is 33.2. The van der Waals surface area contributed by atoms with Gasteiger partial charge in [-0.25, -0.2) is 4.57 Å². The summed E-state index contributed by atoms with van der Waals surface area (Å²) in [7, 11) is 0. The van der Waals surface area contributed by atoms with Gasteiger partial charge < -0.3 is 47.5 Å². The van der Waals surface area contributed by atoms with E-state index >= 15 is 0 Å². The molecule has 204 valence electrons. The fraction of sp³-hybridized carbons (Fsp3) is 0.550. The summed E-state index contributed by atoms with van der Waals surface area (Å²) in [6, 6.07) is -3.24. The van der Waals surface area contributed by atoms with Gasteiger partial charge in [-0.05, 0) is 25.7 Å². The van der Waals surface area contributed by atoms with Crippen molar-refractivity contribution < 1.29 is 62.4 Å². The summed E-state index contributed by atoms with van der Waals surface area (Å²) in [6.45, 7) is 0.461. The normalized spacial score (nSPS) is 13.6. The number of aromatic hydroxyl groups is 1. The molecule has 13 nitrogen and oxygen atoms in total. The van der Waals surface area contributed by atoms with Crippen LogP contribution in [-0.2, 0) is 38.6 Å². The third kappa shape index (κ3) is 12.3. The van der Waals surface area contributed by atoms with Crippen molar-refractivity contribution in [1.82, 2.24) is 0 Å². The minimum Gasteiger partial charge on any atom is -0.542 e. The van der Waals surface area contributed by atoms with Crippen LogP contribution in [0.1, 0.15) is 36.8 Å². The molecule has 0 aliphatic rings. The van der Waals surface area contributed by atoms with Gasteiger partial charge in [0.05, 0.1) is 0 Å². The smallest absolute Gasteiger partial charge is 0.430 e. The molecule has 0 spiro atoms. The van der Waals surface area contributed by atoms with Crippen LogP contribution in [0.3, 0.4) is 0 Å². The first-order chi connectivity index (χ1) is 16.5. The summed E-state index contributed by atoms with van der Waals surface area (Å²) in [4.78, 5) is 41.5. The summed E-state index contributed by atoms with van der Waals surface area (Å²) in [6.07, 6.45) is -0.397. The number of carboxylic acids is 4. The van der Waals surface area contributed by atoms with Gasteiger partial charge in [0.25, 0.3) is 0 Å². The number of hydrogen-bond acceptors (Lipinski definition) is 9. The molecule has 3 atom stereocenters. The molecular formula is C20H29F3N4O9. The first-order valence-electron chi connectivity index (χ1n) is 10.4. The molecule has 1 heterocycles. The lowest BCUT2D eigenvalue weighted by Gasteiger charge is -2.14. The van der Waals surface area contributed by atoms with Gasteiger partial charge in [0.15, 0.2) is 11.9 Å². The number of aryl methyl sites for hydroxylation is 2. The number of hydrogen-bond donors (Lipinski definition) is 7. The second-order valence-electron chi connectivity index (χ2n) is 7.74. The Kier molecular flexibility index (Phi) is 13.4. The SMILES string of the molecule is NC(CCCC[n+]1cc(O)c(CC(N)C(=O)O)c(CCC(N)C(=O)O)c1)C(=O)O.O=C([O-])C(F)(F)F. The molecule has 0 saturated heterocycles. The Morgan fingerprint density at radius 2 is 1.36 bits per heavy atom. The lowest BCUT2D eigenvalue weighted by atomic mass is 9.96. The van der Waals surface area contributed by atoms with Crippen LogP contribution in [-0.4, -0.2) is 68.6 Å². The van der Waals surface area contributed by atoms with Crippen LogP contribution in [0, 0.1) is 0 Å². The average molecular weight is 526 g/mol. The fourth-order valence-corrected chi connectivity index (χ4v) is 2.82. The molecule has 0 bridgehead atoms. The molecule has 3 unspecified atom stereocenters. The van der Waals surface area contributed by atoms with Gasteiger partial charge in [-0.2, -0.15) is 13.2 Å². The van der Waals surface area contributed by atoms with Crippen LogP contribution in [0.15, 0.2) is 12.4 Å². The Labute approximate surface area is 202 Å². The number of alkyl halides is 3. The van der Waals surface area contributed by atoms with E-state index in [0.717, 1.165) is 0 Å². The summed E-state index contributed by atoms with van der Waals surface area (Å²) in [5.41, 5.74) is 17.5. The summed E-state index contributed by atoms with van der Waals surface area (Å²) in [5, 5.41) is 45.9. The maximum absolute atomic E-state index is 11.1. The van der Waals surface area contributed by atoms with Gasteiger partial charge >= 0.3 is 24.1 Å². The van der Waals surface area contributed by atoms with Gasteiger partial charge in [-0.3, -0.25) is 14.4 Å². The van der Waals surface area contributed by atoms with E-state index in [2.05, 4.69) is 0 Å². The molecule has 1 rings (SSSR count). The number of halogens is 3. The van der Waals surface area contributed by atoms with Crippen LogP contribution in [0.4, 0.5) is 13.2 Å². The molecule has 0 fully saturated rings. The molecule has 0 radical (unpaired) electrons. The van der Waals surface area contributed by atoms with Crippen molar-refractivity contribution in [3.63, 3.8) is 0 Å². The minimum atomic E-state index is -5.19. The molecule has 0 amide bonds. The standard InChI is InChI=1S/C18H28N4O7.C2HF3O2/c19-12(16(24)25)3-1-2-6-22-8-10(4-5-13(20)17(26)27)11(15(23)9-22)7-14(21)18(28)29;3-2(4,5)1(6)7/h8-9,12-14H,1-7,19-21H2,(H3-,23,24,25,26,27,28,29);(H,6,7). The number of pyridine rings is 1. The lowest BCUT2D eigenvalue weighted by Crippen LogP contribution is -2.37. The van der Waals surface area contributed by atoms with Crippen molar-refractivity contribution >= 4 is 23.9 Å². The highest BCUT2D eigenvalue weighted by molar-refractivity contribution is 5.74. The zero-order valence-electron chi connectivity index (χ0n) is 19.0. The van der Waals surface area contributed by atoms with Crippen LogP contribution >= 0.6 is 0 Å². The molecule has 0 aromatic carbocycles. The molecule has 1 aromatic rings. The van der Waals surface area contributed by atoms with E-state index in [1.807, 2.05) is 0 Å². The van der Waals surface area contributed by atoms with E-state index in [4.69, 9.17) is 42.4 Å². The van der Waals surface area contributed by atoms with Gasteiger partial charge in [0, 0.05) is 24.0 Å². The number of nitrogens with two attached hydrogens (primary N) is 3. The van der Waals surface area contributed by atoms with E-state index in [1.165, 1.54) is 6.20 Å². The molecule has 0 aliphatic heterocycles. The Hall–Kier alpha value is -3.50. The number of aromatic nitrogens is 1. The van der Waals surface area contributed by atoms with Crippen molar-refractivity contribution in [3.8, 4) is 5.75 Å². The van der Waals surface area contributed by atoms with Gasteiger partial charge in [0.1, 0.15) is 30.6 Å². The highest BCUT2D eigenvalue weighted by atomic mass is 19.4. The second kappa shape index (κ2) is 14.8. The predicted molar refractivity (Wildman–Crippen MR) is 112 cm³/mol. The first-order valence-corrected chi connectivity index (χ1v) is 10.4. The lowest BCUT2D eigenvalue weighted by molar-refractivity contribution is -0.698. The van der Waals surface area contributed by atoms with Crippen molar-refractivity contribution in [2.45, 2.75) is 69.4 Å². The Bertz CT molecular complexity index is 928. The number of carbonyl (C=O) groups excluding carboxylic acids is 1. The average Bonchev–Trinajstić information content (AvgIpc) is 2.75. The molecule has 0 saturated carbocycles. The summed E-state index contributed by atoms with van der Waals surface area (Å²) in [5.74, 6) is -6.59. The molecule has 16 heteroatoms. The Balaban J connectivity index is 0.00000152. The quantitative estimate of drug-likeness (QED) is 0.107. The van der Waals surface area contributed by atoms with Crippen LogP contribution < -0.4 is 26.9 Å². The zero-order valence-corrected chi connectivity index (χ0v) is 19.0. The first kappa shape index (κ1) is 32.5. The number of carboxylic acid groups (broad SMARTS) is 4. The second-order valence-corrected chi connectivity index (χ2v) is 7.74. The predicted octanol–water partition coefficient (Wildman–Crippen LogP) is -2.14. The van der Waals surface area contributed by atoms with E-state index in [9.17, 15) is 32.7 Å². The van der Waals surface area contributed by atoms with E-state index in [1.54, 1.807) is 10.8 Å². The van der Waals surface area contributed by atoms with E-state index in [-0.39, 0.29) is 25.0 Å². The monoisotopic (exact) mass is 526 g/mol. The van der Waals surface area contributed by atoms with E-state index < -0.39 is 48.2 Å². The van der Waals surface area contributed by atoms with E-state index in [0.29, 0.717) is 36.9 Å². The minimum absolute atomic E-state index is 0.0988. The molecule has 0 aliphatic carbocycles. The van der Waals surface area contributed by atoms with Crippen LogP contribution in [0.25, 0.3) is 0 Å². The summed E-state index contributed by atoms with van der Waals surface area (Å²) >= 11 is 0. The Morgan fingerprint density at radius 3 is 1.81 bits per heavy atom. The number of carbonyl (C=O) groups is 4. The molecule has 1 aromatic heterocycles. The van der Waals surface area contributed by atoms with Crippen molar-refractivity contribution in [3.05, 3.63) is 23.5 Å². The number of rotatable bonds is 13. The molecule has 10 N–H and O–H groups in total. The Morgan fingerprint density at radius 1 is 0.889 bits per heavy atom. The zero-order chi connectivity index (χ0) is 28.2. The molecular weight excluding hydrogens is 497 g/mol. The number of aliphatic carboxylic acids is 4. The van der Waals surface area contributed by atoms with Crippen molar-refractivity contribution in [2.24, 2.45) is 17.2 Å². The maximum Gasteiger partial charge on any atom is 0.430 e. The fourth-order valence-electron chi connectivity index (χ4n) is 2.82. The van der Waals surface area contributed by atoms with Gasteiger partial charge in [0.2, 0.25) is 6.20 Å².